The van der Waals surface area contributed by atoms with E-state index in [1.54, 1.807) is 27.0 Å². The molecule has 1 aliphatic rings. The monoisotopic (exact) mass is 383 g/mol. The second-order valence-corrected chi connectivity index (χ2v) is 8.19. The van der Waals surface area contributed by atoms with Gasteiger partial charge in [-0.25, -0.2) is 14.6 Å². The first-order valence-electron chi connectivity index (χ1n) is 8.61. The fourth-order valence-corrected chi connectivity index (χ4v) is 3.18. The van der Waals surface area contributed by atoms with Crippen LogP contribution in [0.1, 0.15) is 45.4 Å². The summed E-state index contributed by atoms with van der Waals surface area (Å²) < 4.78 is 10.3. The molecule has 0 bridgehead atoms. The summed E-state index contributed by atoms with van der Waals surface area (Å²) in [7, 11) is 0. The van der Waals surface area contributed by atoms with Crippen LogP contribution in [-0.4, -0.2) is 41.2 Å². The molecule has 2 atom stereocenters. The van der Waals surface area contributed by atoms with E-state index in [4.69, 9.17) is 9.47 Å². The van der Waals surface area contributed by atoms with Crippen molar-refractivity contribution >= 4 is 34.4 Å². The number of unbranched alkanes of at least 4 members (excludes halogenated alkanes) is 1. The zero-order chi connectivity index (χ0) is 19.3. The van der Waals surface area contributed by atoms with E-state index >= 15 is 0 Å². The second kappa shape index (κ2) is 8.48. The van der Waals surface area contributed by atoms with Crippen LogP contribution >= 0.6 is 11.3 Å². The fraction of sp³-hybridized carbons (Fsp3) is 0.647. The van der Waals surface area contributed by atoms with Gasteiger partial charge in [-0.05, 0) is 33.6 Å². The minimum Gasteiger partial charge on any atom is -0.464 e. The van der Waals surface area contributed by atoms with Gasteiger partial charge in [-0.15, -0.1) is 11.3 Å². The first kappa shape index (κ1) is 20.2. The highest BCUT2D eigenvalue weighted by Gasteiger charge is 2.45. The summed E-state index contributed by atoms with van der Waals surface area (Å²) in [6.45, 7) is 7.69. The van der Waals surface area contributed by atoms with Gasteiger partial charge in [-0.1, -0.05) is 13.3 Å². The molecule has 0 aliphatic carbocycles. The van der Waals surface area contributed by atoms with Crippen LogP contribution in [0.4, 0.5) is 9.93 Å². The maximum atomic E-state index is 12.0. The Kier molecular flexibility index (Phi) is 6.57. The number of hydrogen-bond acceptors (Lipinski definition) is 7. The Morgan fingerprint density at radius 2 is 2.12 bits per heavy atom. The van der Waals surface area contributed by atoms with Crippen molar-refractivity contribution in [3.63, 3.8) is 0 Å². The summed E-state index contributed by atoms with van der Waals surface area (Å²) in [4.78, 5) is 40.5. The lowest BCUT2D eigenvalue weighted by molar-refractivity contribution is -0.157. The van der Waals surface area contributed by atoms with Crippen molar-refractivity contribution in [1.82, 2.24) is 10.3 Å². The summed E-state index contributed by atoms with van der Waals surface area (Å²) in [6.07, 6.45) is 3.10. The van der Waals surface area contributed by atoms with E-state index in [0.29, 0.717) is 18.2 Å². The van der Waals surface area contributed by atoms with Crippen molar-refractivity contribution < 1.29 is 23.9 Å². The van der Waals surface area contributed by atoms with Gasteiger partial charge in [-0.2, -0.15) is 0 Å². The van der Waals surface area contributed by atoms with Gasteiger partial charge in [0.05, 0.1) is 12.5 Å². The summed E-state index contributed by atoms with van der Waals surface area (Å²) >= 11 is 1.25. The third kappa shape index (κ3) is 5.69. The number of esters is 1. The molecule has 1 fully saturated rings. The maximum Gasteiger partial charge on any atom is 0.413 e. The molecule has 0 radical (unpaired) electrons. The molecule has 1 aliphatic heterocycles. The Balaban J connectivity index is 1.88. The lowest BCUT2D eigenvalue weighted by Gasteiger charge is -2.34. The number of β-lactam (4-membered cyclic amide) rings is 1. The summed E-state index contributed by atoms with van der Waals surface area (Å²) in [5, 5.41) is 5.53. The number of carbonyl (C=O) groups is 3. The van der Waals surface area contributed by atoms with Crippen molar-refractivity contribution in [3.05, 3.63) is 11.1 Å². The largest absolute Gasteiger partial charge is 0.464 e. The number of hydrogen-bond donors (Lipinski definition) is 2. The minimum atomic E-state index is -0.622. The van der Waals surface area contributed by atoms with E-state index < -0.39 is 29.6 Å². The predicted octanol–water partition coefficient (Wildman–Crippen LogP) is 2.49. The van der Waals surface area contributed by atoms with Gasteiger partial charge in [-0.3, -0.25) is 10.1 Å². The van der Waals surface area contributed by atoms with Gasteiger partial charge in [0.15, 0.2) is 5.13 Å². The quantitative estimate of drug-likeness (QED) is 0.426. The molecular weight excluding hydrogens is 358 g/mol. The van der Waals surface area contributed by atoms with E-state index in [1.165, 1.54) is 11.3 Å². The van der Waals surface area contributed by atoms with Crippen LogP contribution in [0.2, 0.25) is 0 Å². The molecule has 1 aromatic heterocycles. The number of ether oxygens (including phenoxy) is 2. The molecule has 1 aromatic rings. The molecule has 2 N–H and O–H groups in total. The Bertz CT molecular complexity index is 668. The van der Waals surface area contributed by atoms with Gasteiger partial charge in [0.2, 0.25) is 5.91 Å². The van der Waals surface area contributed by atoms with Crippen LogP contribution in [0.3, 0.4) is 0 Å². The first-order valence-corrected chi connectivity index (χ1v) is 9.43. The Hall–Kier alpha value is -2.16. The normalized spacial score (nSPS) is 19.3. The van der Waals surface area contributed by atoms with E-state index in [9.17, 15) is 14.4 Å². The van der Waals surface area contributed by atoms with E-state index in [2.05, 4.69) is 15.6 Å². The maximum absolute atomic E-state index is 12.0. The molecule has 8 nitrogen and oxygen atoms in total. The topological polar surface area (TPSA) is 107 Å². The molecule has 2 heterocycles. The number of anilines is 1. The number of nitrogens with one attached hydrogen (secondary N) is 2. The summed E-state index contributed by atoms with van der Waals surface area (Å²) in [5.74, 6) is -1.06. The summed E-state index contributed by atoms with van der Waals surface area (Å²) in [5.41, 5.74) is -0.598. The molecule has 1 saturated heterocycles. The smallest absolute Gasteiger partial charge is 0.413 e. The minimum absolute atomic E-state index is 0.183. The van der Waals surface area contributed by atoms with Crippen molar-refractivity contribution in [1.29, 1.82) is 0 Å². The fourth-order valence-electron chi connectivity index (χ4n) is 2.32. The number of carbonyl (C=O) groups excluding carboxylic acids is 3. The zero-order valence-electron chi connectivity index (χ0n) is 15.5. The van der Waals surface area contributed by atoms with Crippen molar-refractivity contribution in [3.8, 4) is 0 Å². The number of rotatable bonds is 7. The van der Waals surface area contributed by atoms with Crippen molar-refractivity contribution in [2.24, 2.45) is 5.92 Å². The first-order chi connectivity index (χ1) is 12.2. The third-order valence-electron chi connectivity index (χ3n) is 3.62. The molecular formula is C17H25N3O5S. The SMILES string of the molecule is CCCCOC(=O)[C@H]1NC(=O)[C@@H]1Cc1cnc(NC(=O)OC(C)(C)C)s1. The molecule has 9 heteroatoms. The van der Waals surface area contributed by atoms with Gasteiger partial charge < -0.3 is 14.8 Å². The molecule has 0 spiro atoms. The van der Waals surface area contributed by atoms with E-state index in [1.807, 2.05) is 6.92 Å². The standard InChI is InChI=1S/C17H25N3O5S/c1-5-6-7-24-14(22)12-11(13(21)19-12)8-10-9-18-15(26-10)20-16(23)25-17(2,3)4/h9,11-12H,5-8H2,1-4H3,(H,19,21)(H,18,20,23)/t11-,12+/m1/s1. The Labute approximate surface area is 156 Å². The average molecular weight is 383 g/mol. The predicted molar refractivity (Wildman–Crippen MR) is 97.0 cm³/mol. The molecule has 0 unspecified atom stereocenters. The van der Waals surface area contributed by atoms with Gasteiger partial charge >= 0.3 is 12.1 Å². The number of thiazole rings is 1. The average Bonchev–Trinajstić information content (AvgIpc) is 2.95. The number of nitrogens with zero attached hydrogens (tertiary/aromatic N) is 1. The molecule has 2 rings (SSSR count). The third-order valence-corrected chi connectivity index (χ3v) is 4.55. The Morgan fingerprint density at radius 3 is 2.73 bits per heavy atom. The Morgan fingerprint density at radius 1 is 1.38 bits per heavy atom. The van der Waals surface area contributed by atoms with Crippen LogP contribution in [0, 0.1) is 5.92 Å². The molecule has 144 valence electrons. The van der Waals surface area contributed by atoms with E-state index in [-0.39, 0.29) is 5.91 Å². The molecule has 0 aromatic carbocycles. The van der Waals surface area contributed by atoms with Gasteiger partial charge in [0.25, 0.3) is 0 Å². The van der Waals surface area contributed by atoms with Crippen LogP contribution in [0.25, 0.3) is 0 Å². The van der Waals surface area contributed by atoms with Crippen LogP contribution < -0.4 is 10.6 Å². The van der Waals surface area contributed by atoms with Crippen molar-refractivity contribution in [2.45, 2.75) is 58.6 Å². The summed E-state index contributed by atoms with van der Waals surface area (Å²) in [6, 6.07) is -0.622. The van der Waals surface area contributed by atoms with Crippen LogP contribution in [0.15, 0.2) is 6.20 Å². The number of aromatic nitrogens is 1. The van der Waals surface area contributed by atoms with Crippen LogP contribution in [0.5, 0.6) is 0 Å². The van der Waals surface area contributed by atoms with Crippen LogP contribution in [-0.2, 0) is 25.5 Å². The number of amides is 2. The lowest BCUT2D eigenvalue weighted by atomic mass is 9.87. The van der Waals surface area contributed by atoms with Gasteiger partial charge in [0, 0.05) is 11.1 Å². The molecule has 2 amide bonds. The highest BCUT2D eigenvalue weighted by molar-refractivity contribution is 7.15. The lowest BCUT2D eigenvalue weighted by Crippen LogP contribution is -2.63. The van der Waals surface area contributed by atoms with E-state index in [0.717, 1.165) is 17.7 Å². The molecule has 0 saturated carbocycles. The zero-order valence-corrected chi connectivity index (χ0v) is 16.3. The highest BCUT2D eigenvalue weighted by atomic mass is 32.1. The van der Waals surface area contributed by atoms with Gasteiger partial charge in [0.1, 0.15) is 11.6 Å². The van der Waals surface area contributed by atoms with Crippen molar-refractivity contribution in [2.75, 3.05) is 11.9 Å². The highest BCUT2D eigenvalue weighted by Crippen LogP contribution is 2.27. The molecule has 26 heavy (non-hydrogen) atoms. The second-order valence-electron chi connectivity index (χ2n) is 7.08.